The summed E-state index contributed by atoms with van der Waals surface area (Å²) in [5.41, 5.74) is 5.25. The first-order chi connectivity index (χ1) is 10.9. The van der Waals surface area contributed by atoms with Gasteiger partial charge in [0, 0.05) is 12.7 Å². The third-order valence-electron chi connectivity index (χ3n) is 3.89. The molecule has 0 fully saturated rings. The van der Waals surface area contributed by atoms with Gasteiger partial charge in [-0.2, -0.15) is 5.01 Å². The van der Waals surface area contributed by atoms with Crippen molar-refractivity contribution in [3.8, 4) is 0 Å². The van der Waals surface area contributed by atoms with Gasteiger partial charge in [-0.1, -0.05) is 25.1 Å². The van der Waals surface area contributed by atoms with Crippen LogP contribution in [0.2, 0.25) is 0 Å². The van der Waals surface area contributed by atoms with Crippen LogP contribution >= 0.6 is 0 Å². The predicted molar refractivity (Wildman–Crippen MR) is 87.8 cm³/mol. The summed E-state index contributed by atoms with van der Waals surface area (Å²) in [5, 5.41) is 1.46. The number of ether oxygens (including phenoxy) is 2. The summed E-state index contributed by atoms with van der Waals surface area (Å²) in [5.74, 6) is -0.714. The minimum atomic E-state index is -0.673. The van der Waals surface area contributed by atoms with Crippen molar-refractivity contribution in [1.29, 1.82) is 0 Å². The van der Waals surface area contributed by atoms with Crippen LogP contribution in [0.15, 0.2) is 18.2 Å². The van der Waals surface area contributed by atoms with Crippen LogP contribution in [0.5, 0.6) is 0 Å². The van der Waals surface area contributed by atoms with E-state index < -0.39 is 18.2 Å². The SMILES string of the molecule is CCc1cccc(C)c1C(=O)NN(C(C)OC)C(C)C(=O)OC. The Morgan fingerprint density at radius 3 is 2.43 bits per heavy atom. The molecule has 1 N–H and O–H groups in total. The third-order valence-corrected chi connectivity index (χ3v) is 3.89. The first-order valence-electron chi connectivity index (χ1n) is 7.65. The van der Waals surface area contributed by atoms with Crippen LogP contribution in [-0.4, -0.2) is 43.4 Å². The highest BCUT2D eigenvalue weighted by atomic mass is 16.5. The smallest absolute Gasteiger partial charge is 0.324 e. The largest absolute Gasteiger partial charge is 0.468 e. The van der Waals surface area contributed by atoms with Crippen molar-refractivity contribution < 1.29 is 19.1 Å². The number of carbonyl (C=O) groups is 2. The molecular weight excluding hydrogens is 296 g/mol. The van der Waals surface area contributed by atoms with E-state index in [0.717, 1.165) is 17.5 Å². The van der Waals surface area contributed by atoms with E-state index in [1.165, 1.54) is 19.2 Å². The van der Waals surface area contributed by atoms with Crippen LogP contribution in [-0.2, 0) is 20.7 Å². The molecule has 0 spiro atoms. The van der Waals surface area contributed by atoms with Gasteiger partial charge >= 0.3 is 5.97 Å². The molecule has 1 aromatic rings. The standard InChI is InChI=1S/C17H26N2O4/c1-7-14-10-8-9-11(2)15(14)16(20)18-19(13(4)22-5)12(3)17(21)23-6/h8-10,12-13H,7H2,1-6H3,(H,18,20). The molecule has 0 bridgehead atoms. The second-order valence-corrected chi connectivity index (χ2v) is 5.34. The van der Waals surface area contributed by atoms with Gasteiger partial charge in [0.05, 0.1) is 7.11 Å². The van der Waals surface area contributed by atoms with E-state index in [9.17, 15) is 9.59 Å². The highest BCUT2D eigenvalue weighted by Gasteiger charge is 2.29. The molecule has 23 heavy (non-hydrogen) atoms. The number of nitrogens with zero attached hydrogens (tertiary/aromatic N) is 1. The van der Waals surface area contributed by atoms with Crippen molar-refractivity contribution >= 4 is 11.9 Å². The maximum atomic E-state index is 12.7. The minimum absolute atomic E-state index is 0.264. The van der Waals surface area contributed by atoms with Crippen molar-refractivity contribution in [2.45, 2.75) is 46.4 Å². The summed E-state index contributed by atoms with van der Waals surface area (Å²) in [6, 6.07) is 5.07. The molecule has 6 nitrogen and oxygen atoms in total. The first-order valence-corrected chi connectivity index (χ1v) is 7.65. The molecule has 0 heterocycles. The van der Waals surface area contributed by atoms with Gasteiger partial charge in [0.25, 0.3) is 5.91 Å². The maximum Gasteiger partial charge on any atom is 0.324 e. The van der Waals surface area contributed by atoms with Crippen molar-refractivity contribution in [2.75, 3.05) is 14.2 Å². The highest BCUT2D eigenvalue weighted by Crippen LogP contribution is 2.16. The second-order valence-electron chi connectivity index (χ2n) is 5.34. The topological polar surface area (TPSA) is 67.9 Å². The molecule has 1 amide bonds. The molecule has 0 aromatic heterocycles. The highest BCUT2D eigenvalue weighted by molar-refractivity contribution is 5.97. The lowest BCUT2D eigenvalue weighted by Gasteiger charge is -2.32. The zero-order valence-corrected chi connectivity index (χ0v) is 14.7. The van der Waals surface area contributed by atoms with E-state index in [4.69, 9.17) is 9.47 Å². The third kappa shape index (κ3) is 4.53. The lowest BCUT2D eigenvalue weighted by atomic mass is 9.99. The Hall–Kier alpha value is -1.92. The average molecular weight is 322 g/mol. The van der Waals surface area contributed by atoms with Crippen LogP contribution < -0.4 is 5.43 Å². The van der Waals surface area contributed by atoms with Gasteiger partial charge in [0.15, 0.2) is 0 Å². The Bertz CT molecular complexity index is 560. The minimum Gasteiger partial charge on any atom is -0.468 e. The summed E-state index contributed by atoms with van der Waals surface area (Å²) >= 11 is 0. The molecule has 1 rings (SSSR count). The average Bonchev–Trinajstić information content (AvgIpc) is 2.56. The zero-order chi connectivity index (χ0) is 17.6. The van der Waals surface area contributed by atoms with Gasteiger partial charge in [-0.05, 0) is 38.3 Å². The summed E-state index contributed by atoms with van der Waals surface area (Å²) in [4.78, 5) is 24.5. The Morgan fingerprint density at radius 1 is 1.26 bits per heavy atom. The number of rotatable bonds is 7. The summed E-state index contributed by atoms with van der Waals surface area (Å²) in [6.45, 7) is 7.29. The number of aryl methyl sites for hydroxylation is 2. The number of carbonyl (C=O) groups excluding carboxylic acids is 2. The number of methoxy groups -OCH3 is 2. The Labute approximate surface area is 137 Å². The number of amides is 1. The fourth-order valence-electron chi connectivity index (χ4n) is 2.42. The van der Waals surface area contributed by atoms with E-state index in [0.29, 0.717) is 5.56 Å². The van der Waals surface area contributed by atoms with Gasteiger partial charge in [-0.25, -0.2) is 0 Å². The van der Waals surface area contributed by atoms with Crippen LogP contribution in [0.25, 0.3) is 0 Å². The molecule has 0 saturated heterocycles. The summed E-state index contributed by atoms with van der Waals surface area (Å²) < 4.78 is 10.0. The van der Waals surface area contributed by atoms with E-state index in [2.05, 4.69) is 5.43 Å². The van der Waals surface area contributed by atoms with Crippen molar-refractivity contribution in [3.63, 3.8) is 0 Å². The van der Waals surface area contributed by atoms with Gasteiger partial charge in [-0.3, -0.25) is 15.0 Å². The number of esters is 1. The monoisotopic (exact) mass is 322 g/mol. The Morgan fingerprint density at radius 2 is 1.91 bits per heavy atom. The van der Waals surface area contributed by atoms with Crippen molar-refractivity contribution in [3.05, 3.63) is 34.9 Å². The van der Waals surface area contributed by atoms with Crippen LogP contribution in [0.1, 0.15) is 42.3 Å². The van der Waals surface area contributed by atoms with Crippen molar-refractivity contribution in [2.24, 2.45) is 0 Å². The van der Waals surface area contributed by atoms with Crippen LogP contribution in [0.4, 0.5) is 0 Å². The molecule has 1 aromatic carbocycles. The van der Waals surface area contributed by atoms with Crippen LogP contribution in [0, 0.1) is 6.92 Å². The quantitative estimate of drug-likeness (QED) is 0.473. The van der Waals surface area contributed by atoms with Gasteiger partial charge < -0.3 is 9.47 Å². The van der Waals surface area contributed by atoms with E-state index in [1.54, 1.807) is 13.8 Å². The Balaban J connectivity index is 3.09. The summed E-state index contributed by atoms with van der Waals surface area (Å²) in [6.07, 6.45) is 0.263. The zero-order valence-electron chi connectivity index (χ0n) is 14.7. The van der Waals surface area contributed by atoms with Crippen LogP contribution in [0.3, 0.4) is 0 Å². The van der Waals surface area contributed by atoms with E-state index in [1.807, 2.05) is 32.0 Å². The first kappa shape index (κ1) is 19.1. The maximum absolute atomic E-state index is 12.7. The molecule has 2 unspecified atom stereocenters. The number of benzene rings is 1. The molecule has 2 atom stereocenters. The molecule has 0 aliphatic heterocycles. The second kappa shape index (κ2) is 8.64. The molecule has 0 saturated carbocycles. The lowest BCUT2D eigenvalue weighted by molar-refractivity contribution is -0.154. The van der Waals surface area contributed by atoms with Gasteiger partial charge in [0.2, 0.25) is 0 Å². The van der Waals surface area contributed by atoms with Gasteiger partial charge in [0.1, 0.15) is 12.3 Å². The Kier molecular flexibility index (Phi) is 7.19. The molecular formula is C17H26N2O4. The lowest BCUT2D eigenvalue weighted by Crippen LogP contribution is -2.55. The molecule has 128 valence electrons. The molecule has 0 aliphatic rings. The number of nitrogens with one attached hydrogen (secondary N) is 1. The van der Waals surface area contributed by atoms with E-state index >= 15 is 0 Å². The summed E-state index contributed by atoms with van der Waals surface area (Å²) in [7, 11) is 2.83. The van der Waals surface area contributed by atoms with Crippen molar-refractivity contribution in [1.82, 2.24) is 10.4 Å². The number of hydrogen-bond donors (Lipinski definition) is 1. The molecule has 0 radical (unpaired) electrons. The molecule has 0 aliphatic carbocycles. The van der Waals surface area contributed by atoms with E-state index in [-0.39, 0.29) is 5.91 Å². The predicted octanol–water partition coefficient (Wildman–Crippen LogP) is 2.06. The van der Waals surface area contributed by atoms with Gasteiger partial charge in [-0.15, -0.1) is 0 Å². The fraction of sp³-hybridized carbons (Fsp3) is 0.529. The molecule has 6 heteroatoms. The number of hydrazine groups is 1. The number of hydrogen-bond acceptors (Lipinski definition) is 5. The fourth-order valence-corrected chi connectivity index (χ4v) is 2.42. The normalized spacial score (nSPS) is 13.5.